The van der Waals surface area contributed by atoms with Gasteiger partial charge in [0.1, 0.15) is 0 Å². The van der Waals surface area contributed by atoms with Crippen LogP contribution in [0, 0.1) is 5.92 Å². The maximum atomic E-state index is 12.2. The third-order valence-electron chi connectivity index (χ3n) is 4.93. The van der Waals surface area contributed by atoms with Crippen LogP contribution in [0.1, 0.15) is 39.5 Å². The van der Waals surface area contributed by atoms with Crippen LogP contribution >= 0.6 is 0 Å². The molecule has 2 aliphatic heterocycles. The molecule has 0 aliphatic carbocycles. The molecule has 0 saturated carbocycles. The number of nitrogens with zero attached hydrogens (tertiary/aromatic N) is 2. The van der Waals surface area contributed by atoms with Crippen molar-refractivity contribution in [3.63, 3.8) is 0 Å². The largest absolute Gasteiger partial charge is 0.382 e. The van der Waals surface area contributed by atoms with Gasteiger partial charge in [-0.15, -0.1) is 0 Å². The van der Waals surface area contributed by atoms with Crippen molar-refractivity contribution >= 4 is 5.91 Å². The number of likely N-dealkylation sites (tertiary alicyclic amines) is 2. The van der Waals surface area contributed by atoms with E-state index in [2.05, 4.69) is 18.7 Å². The second-order valence-electron chi connectivity index (χ2n) is 7.64. The van der Waals surface area contributed by atoms with Crippen molar-refractivity contribution in [2.75, 3.05) is 59.7 Å². The van der Waals surface area contributed by atoms with Gasteiger partial charge in [-0.3, -0.25) is 4.79 Å². The van der Waals surface area contributed by atoms with Crippen molar-refractivity contribution in [2.45, 2.75) is 51.7 Å². The summed E-state index contributed by atoms with van der Waals surface area (Å²) in [5, 5.41) is 0. The first-order chi connectivity index (χ1) is 12.1. The maximum absolute atomic E-state index is 12.2. The van der Waals surface area contributed by atoms with Gasteiger partial charge in [-0.05, 0) is 25.2 Å². The van der Waals surface area contributed by atoms with Gasteiger partial charge in [-0.1, -0.05) is 13.8 Å². The van der Waals surface area contributed by atoms with E-state index in [9.17, 15) is 4.79 Å². The number of carbonyl (C=O) groups excluding carboxylic acids is 1. The number of piperidine rings is 1. The Morgan fingerprint density at radius 1 is 1.04 bits per heavy atom. The summed E-state index contributed by atoms with van der Waals surface area (Å²) in [4.78, 5) is 16.7. The summed E-state index contributed by atoms with van der Waals surface area (Å²) in [7, 11) is 1.65. The molecule has 0 N–H and O–H groups in total. The number of rotatable bonds is 10. The van der Waals surface area contributed by atoms with Gasteiger partial charge in [-0.25, -0.2) is 0 Å². The highest BCUT2D eigenvalue weighted by atomic mass is 16.5. The summed E-state index contributed by atoms with van der Waals surface area (Å²) < 4.78 is 16.6. The normalized spacial score (nSPS) is 22.9. The highest BCUT2D eigenvalue weighted by molar-refractivity contribution is 5.76. The molecule has 0 aromatic heterocycles. The molecular weight excluding hydrogens is 320 g/mol. The van der Waals surface area contributed by atoms with Gasteiger partial charge in [0.2, 0.25) is 5.91 Å². The minimum atomic E-state index is 0.176. The van der Waals surface area contributed by atoms with Crippen molar-refractivity contribution in [1.29, 1.82) is 0 Å². The molecule has 2 fully saturated rings. The molecule has 0 aromatic rings. The van der Waals surface area contributed by atoms with Crippen LogP contribution in [0.25, 0.3) is 0 Å². The molecule has 2 heterocycles. The molecule has 25 heavy (non-hydrogen) atoms. The lowest BCUT2D eigenvalue weighted by atomic mass is 10.1. The van der Waals surface area contributed by atoms with E-state index in [1.165, 1.54) is 6.54 Å². The topological polar surface area (TPSA) is 51.2 Å². The Morgan fingerprint density at radius 2 is 1.76 bits per heavy atom. The highest BCUT2D eigenvalue weighted by Crippen LogP contribution is 2.21. The van der Waals surface area contributed by atoms with Gasteiger partial charge >= 0.3 is 0 Å². The zero-order valence-corrected chi connectivity index (χ0v) is 16.2. The van der Waals surface area contributed by atoms with E-state index < -0.39 is 0 Å². The van der Waals surface area contributed by atoms with E-state index in [4.69, 9.17) is 14.2 Å². The molecule has 2 rings (SSSR count). The predicted octanol–water partition coefficient (Wildman–Crippen LogP) is 1.78. The summed E-state index contributed by atoms with van der Waals surface area (Å²) in [5.74, 6) is 0.903. The number of methoxy groups -OCH3 is 1. The molecule has 0 spiro atoms. The predicted molar refractivity (Wildman–Crippen MR) is 97.7 cm³/mol. The Morgan fingerprint density at radius 3 is 2.44 bits per heavy atom. The minimum Gasteiger partial charge on any atom is -0.382 e. The number of hydrogen-bond donors (Lipinski definition) is 0. The molecule has 2 saturated heterocycles. The van der Waals surface area contributed by atoms with Crippen LogP contribution in [0.3, 0.4) is 0 Å². The van der Waals surface area contributed by atoms with Gasteiger partial charge < -0.3 is 24.0 Å². The molecule has 1 amide bonds. The van der Waals surface area contributed by atoms with E-state index in [-0.39, 0.29) is 12.0 Å². The first kappa shape index (κ1) is 20.6. The van der Waals surface area contributed by atoms with Crippen molar-refractivity contribution in [3.05, 3.63) is 0 Å². The van der Waals surface area contributed by atoms with E-state index in [1.54, 1.807) is 7.11 Å². The van der Waals surface area contributed by atoms with Gasteiger partial charge in [0.25, 0.3) is 0 Å². The summed E-state index contributed by atoms with van der Waals surface area (Å²) >= 11 is 0. The fourth-order valence-electron chi connectivity index (χ4n) is 3.64. The second kappa shape index (κ2) is 11.1. The van der Waals surface area contributed by atoms with Gasteiger partial charge in [0.15, 0.2) is 0 Å². The van der Waals surface area contributed by atoms with Crippen LogP contribution < -0.4 is 0 Å². The number of carbonyl (C=O) groups is 1. The van der Waals surface area contributed by atoms with E-state index in [0.29, 0.717) is 32.3 Å². The monoisotopic (exact) mass is 356 g/mol. The molecule has 2 aliphatic rings. The SMILES string of the molecule is COCCOCCC(=O)N1CCC(OC2CCN(CC(C)C)CC2)C1. The summed E-state index contributed by atoms with van der Waals surface area (Å²) in [6.07, 6.45) is 4.21. The van der Waals surface area contributed by atoms with Crippen LogP contribution in [0.4, 0.5) is 0 Å². The lowest BCUT2D eigenvalue weighted by Crippen LogP contribution is -2.40. The average molecular weight is 357 g/mol. The molecule has 1 unspecified atom stereocenters. The zero-order valence-electron chi connectivity index (χ0n) is 16.2. The van der Waals surface area contributed by atoms with Crippen molar-refractivity contribution in [2.24, 2.45) is 5.92 Å². The van der Waals surface area contributed by atoms with Crippen molar-refractivity contribution in [3.8, 4) is 0 Å². The summed E-state index contributed by atoms with van der Waals surface area (Å²) in [5.41, 5.74) is 0. The molecular formula is C19H36N2O4. The molecule has 0 aromatic carbocycles. The smallest absolute Gasteiger partial charge is 0.224 e. The molecule has 6 nitrogen and oxygen atoms in total. The van der Waals surface area contributed by atoms with E-state index in [0.717, 1.165) is 51.4 Å². The molecule has 0 bridgehead atoms. The van der Waals surface area contributed by atoms with Crippen LogP contribution in [0.15, 0.2) is 0 Å². The third kappa shape index (κ3) is 7.60. The Balaban J connectivity index is 1.59. The standard InChI is InChI=1S/C19H36N2O4/c1-16(2)14-20-8-4-17(5-9-20)25-18-6-10-21(15-18)19(22)7-11-24-13-12-23-3/h16-18H,4-15H2,1-3H3. The summed E-state index contributed by atoms with van der Waals surface area (Å²) in [6.45, 7) is 11.1. The van der Waals surface area contributed by atoms with Crippen LogP contribution in [0.2, 0.25) is 0 Å². The van der Waals surface area contributed by atoms with Gasteiger partial charge in [0, 0.05) is 39.8 Å². The number of amides is 1. The van der Waals surface area contributed by atoms with Crippen LogP contribution in [-0.4, -0.2) is 87.6 Å². The highest BCUT2D eigenvalue weighted by Gasteiger charge is 2.30. The van der Waals surface area contributed by atoms with E-state index >= 15 is 0 Å². The Labute approximate surface area is 152 Å². The second-order valence-corrected chi connectivity index (χ2v) is 7.64. The third-order valence-corrected chi connectivity index (χ3v) is 4.93. The quantitative estimate of drug-likeness (QED) is 0.559. The first-order valence-electron chi connectivity index (χ1n) is 9.80. The van der Waals surface area contributed by atoms with Gasteiger partial charge in [-0.2, -0.15) is 0 Å². The zero-order chi connectivity index (χ0) is 18.1. The maximum Gasteiger partial charge on any atom is 0.224 e. The Kier molecular flexibility index (Phi) is 9.17. The molecule has 1 atom stereocenters. The lowest BCUT2D eigenvalue weighted by molar-refractivity contribution is -0.132. The fourth-order valence-corrected chi connectivity index (χ4v) is 3.64. The fraction of sp³-hybridized carbons (Fsp3) is 0.947. The first-order valence-corrected chi connectivity index (χ1v) is 9.80. The van der Waals surface area contributed by atoms with Crippen molar-refractivity contribution < 1.29 is 19.0 Å². The Hall–Kier alpha value is -0.690. The molecule has 6 heteroatoms. The molecule has 0 radical (unpaired) electrons. The van der Waals surface area contributed by atoms with E-state index in [1.807, 2.05) is 4.90 Å². The summed E-state index contributed by atoms with van der Waals surface area (Å²) in [6, 6.07) is 0. The van der Waals surface area contributed by atoms with Crippen LogP contribution in [-0.2, 0) is 19.0 Å². The number of ether oxygens (including phenoxy) is 3. The molecule has 146 valence electrons. The van der Waals surface area contributed by atoms with Crippen molar-refractivity contribution in [1.82, 2.24) is 9.80 Å². The van der Waals surface area contributed by atoms with Crippen LogP contribution in [0.5, 0.6) is 0 Å². The minimum absolute atomic E-state index is 0.176. The number of hydrogen-bond acceptors (Lipinski definition) is 5. The lowest BCUT2D eigenvalue weighted by Gasteiger charge is -2.34. The van der Waals surface area contributed by atoms with Gasteiger partial charge in [0.05, 0.1) is 38.4 Å². The Bertz CT molecular complexity index is 384. The average Bonchev–Trinajstić information content (AvgIpc) is 3.04.